The maximum Gasteiger partial charge on any atom is 0.0683 e. The van der Waals surface area contributed by atoms with Crippen LogP contribution in [0.15, 0.2) is 30.3 Å². The van der Waals surface area contributed by atoms with E-state index in [2.05, 4.69) is 48.5 Å². The molecule has 0 heterocycles. The van der Waals surface area contributed by atoms with Gasteiger partial charge < -0.3 is 15.3 Å². The summed E-state index contributed by atoms with van der Waals surface area (Å²) < 4.78 is 0. The number of benzene rings is 1. The van der Waals surface area contributed by atoms with Gasteiger partial charge in [-0.15, -0.1) is 0 Å². The number of aliphatic hydroxyl groups is 1. The maximum atomic E-state index is 10.1. The van der Waals surface area contributed by atoms with E-state index in [0.29, 0.717) is 6.04 Å². The van der Waals surface area contributed by atoms with Gasteiger partial charge in [-0.1, -0.05) is 37.3 Å². The summed E-state index contributed by atoms with van der Waals surface area (Å²) in [6, 6.07) is 11.0. The summed E-state index contributed by atoms with van der Waals surface area (Å²) >= 11 is 0. The highest BCUT2D eigenvalue weighted by Crippen LogP contribution is 2.31. The van der Waals surface area contributed by atoms with Crippen LogP contribution in [0.1, 0.15) is 38.2 Å². The molecule has 0 radical (unpaired) electrons. The summed E-state index contributed by atoms with van der Waals surface area (Å²) in [6.07, 6.45) is 4.59. The molecule has 1 fully saturated rings. The Morgan fingerprint density at radius 1 is 1.25 bits per heavy atom. The van der Waals surface area contributed by atoms with Gasteiger partial charge in [0.25, 0.3) is 0 Å². The van der Waals surface area contributed by atoms with Gasteiger partial charge in [-0.3, -0.25) is 0 Å². The van der Waals surface area contributed by atoms with E-state index in [1.165, 1.54) is 24.8 Å². The fourth-order valence-corrected chi connectivity index (χ4v) is 2.77. The minimum atomic E-state index is -0.287. The molecule has 2 N–H and O–H groups in total. The molecule has 0 amide bonds. The summed E-state index contributed by atoms with van der Waals surface area (Å²) in [4.78, 5) is 2.35. The van der Waals surface area contributed by atoms with Crippen LogP contribution in [0.4, 0.5) is 0 Å². The van der Waals surface area contributed by atoms with E-state index < -0.39 is 0 Å². The van der Waals surface area contributed by atoms with Crippen molar-refractivity contribution < 1.29 is 5.11 Å². The van der Waals surface area contributed by atoms with Gasteiger partial charge in [0.2, 0.25) is 0 Å². The highest BCUT2D eigenvalue weighted by atomic mass is 16.3. The normalized spacial score (nSPS) is 18.2. The van der Waals surface area contributed by atoms with Crippen molar-refractivity contribution in [3.8, 4) is 0 Å². The standard InChI is InChI=1S/C17H28N2O/c1-3-12-19(2)13-11-17(14-20,18-16-9-10-16)15-7-5-4-6-8-15/h4-8,16,18,20H,3,9-14H2,1-2H3. The monoisotopic (exact) mass is 276 g/mol. The fourth-order valence-electron chi connectivity index (χ4n) is 2.77. The molecule has 0 aliphatic heterocycles. The second-order valence-electron chi connectivity index (χ2n) is 6.08. The summed E-state index contributed by atoms with van der Waals surface area (Å²) in [6.45, 7) is 4.48. The molecule has 1 unspecified atom stereocenters. The van der Waals surface area contributed by atoms with Crippen molar-refractivity contribution in [2.24, 2.45) is 0 Å². The van der Waals surface area contributed by atoms with Crippen molar-refractivity contribution >= 4 is 0 Å². The SMILES string of the molecule is CCCN(C)CCC(CO)(NC1CC1)c1ccccc1. The second-order valence-corrected chi connectivity index (χ2v) is 6.08. The summed E-state index contributed by atoms with van der Waals surface area (Å²) in [5.74, 6) is 0. The van der Waals surface area contributed by atoms with Crippen LogP contribution in [0.3, 0.4) is 0 Å². The van der Waals surface area contributed by atoms with Crippen LogP contribution < -0.4 is 5.32 Å². The minimum absolute atomic E-state index is 0.160. The summed E-state index contributed by atoms with van der Waals surface area (Å²) in [5.41, 5.74) is 0.920. The smallest absolute Gasteiger partial charge is 0.0683 e. The zero-order valence-corrected chi connectivity index (χ0v) is 12.8. The molecule has 1 atom stereocenters. The van der Waals surface area contributed by atoms with Gasteiger partial charge in [0.05, 0.1) is 12.1 Å². The van der Waals surface area contributed by atoms with Gasteiger partial charge in [0.1, 0.15) is 0 Å². The van der Waals surface area contributed by atoms with Crippen LogP contribution in [-0.2, 0) is 5.54 Å². The maximum absolute atomic E-state index is 10.1. The highest BCUT2D eigenvalue weighted by molar-refractivity contribution is 5.25. The molecule has 112 valence electrons. The van der Waals surface area contributed by atoms with Gasteiger partial charge in [-0.05, 0) is 44.8 Å². The Balaban J connectivity index is 2.10. The lowest BCUT2D eigenvalue weighted by atomic mass is 9.86. The summed E-state index contributed by atoms with van der Waals surface area (Å²) in [5, 5.41) is 13.8. The first-order chi connectivity index (χ1) is 9.70. The molecule has 0 saturated heterocycles. The number of aliphatic hydroxyl groups excluding tert-OH is 1. The van der Waals surface area contributed by atoms with E-state index in [-0.39, 0.29) is 12.1 Å². The van der Waals surface area contributed by atoms with Crippen molar-refractivity contribution in [3.05, 3.63) is 35.9 Å². The van der Waals surface area contributed by atoms with Gasteiger partial charge in [-0.2, -0.15) is 0 Å². The molecule has 3 heteroatoms. The Kier molecular flexibility index (Phi) is 5.58. The van der Waals surface area contributed by atoms with E-state index >= 15 is 0 Å². The molecule has 1 saturated carbocycles. The predicted octanol–water partition coefficient (Wildman–Crippen LogP) is 2.36. The zero-order chi connectivity index (χ0) is 14.4. The molecule has 1 aliphatic carbocycles. The number of nitrogens with one attached hydrogen (secondary N) is 1. The quantitative estimate of drug-likeness (QED) is 0.727. The van der Waals surface area contributed by atoms with Gasteiger partial charge in [0.15, 0.2) is 0 Å². The van der Waals surface area contributed by atoms with Crippen LogP contribution >= 0.6 is 0 Å². The molecule has 1 aliphatic rings. The second kappa shape index (κ2) is 7.21. The lowest BCUT2D eigenvalue weighted by Gasteiger charge is -2.35. The molecule has 2 rings (SSSR count). The molecule has 3 nitrogen and oxygen atoms in total. The average Bonchev–Trinajstić information content (AvgIpc) is 3.29. The first-order valence-corrected chi connectivity index (χ1v) is 7.83. The molecular weight excluding hydrogens is 248 g/mol. The summed E-state index contributed by atoms with van der Waals surface area (Å²) in [7, 11) is 2.16. The van der Waals surface area contributed by atoms with Crippen molar-refractivity contribution in [2.75, 3.05) is 26.7 Å². The Bertz CT molecular complexity index is 391. The third-order valence-electron chi connectivity index (χ3n) is 4.18. The first kappa shape index (κ1) is 15.5. The van der Waals surface area contributed by atoms with E-state index in [0.717, 1.165) is 19.5 Å². The Hall–Kier alpha value is -0.900. The van der Waals surface area contributed by atoms with Crippen LogP contribution in [0.2, 0.25) is 0 Å². The average molecular weight is 276 g/mol. The number of hydrogen-bond acceptors (Lipinski definition) is 3. The molecule has 0 spiro atoms. The topological polar surface area (TPSA) is 35.5 Å². The lowest BCUT2D eigenvalue weighted by molar-refractivity contribution is 0.135. The minimum Gasteiger partial charge on any atom is -0.394 e. The molecule has 0 bridgehead atoms. The van der Waals surface area contributed by atoms with Crippen molar-refractivity contribution in [2.45, 2.75) is 44.2 Å². The number of hydrogen-bond donors (Lipinski definition) is 2. The van der Waals surface area contributed by atoms with Crippen molar-refractivity contribution in [3.63, 3.8) is 0 Å². The number of nitrogens with zero attached hydrogens (tertiary/aromatic N) is 1. The zero-order valence-electron chi connectivity index (χ0n) is 12.8. The molecular formula is C17H28N2O. The van der Waals surface area contributed by atoms with Crippen molar-refractivity contribution in [1.29, 1.82) is 0 Å². The number of rotatable bonds is 9. The van der Waals surface area contributed by atoms with Gasteiger partial charge in [-0.25, -0.2) is 0 Å². The molecule has 20 heavy (non-hydrogen) atoms. The fraction of sp³-hybridized carbons (Fsp3) is 0.647. The van der Waals surface area contributed by atoms with Crippen LogP contribution in [-0.4, -0.2) is 42.8 Å². The third-order valence-corrected chi connectivity index (χ3v) is 4.18. The Morgan fingerprint density at radius 2 is 1.95 bits per heavy atom. The van der Waals surface area contributed by atoms with E-state index in [1.807, 2.05) is 6.07 Å². The Labute approximate surface area is 123 Å². The van der Waals surface area contributed by atoms with Crippen molar-refractivity contribution in [1.82, 2.24) is 10.2 Å². The predicted molar refractivity (Wildman–Crippen MR) is 83.8 cm³/mol. The Morgan fingerprint density at radius 3 is 2.50 bits per heavy atom. The van der Waals surface area contributed by atoms with E-state index in [1.54, 1.807) is 0 Å². The molecule has 0 aromatic heterocycles. The van der Waals surface area contributed by atoms with Gasteiger partial charge in [0, 0.05) is 12.6 Å². The van der Waals surface area contributed by atoms with Gasteiger partial charge >= 0.3 is 0 Å². The molecule has 1 aromatic rings. The van der Waals surface area contributed by atoms with Crippen LogP contribution in [0.5, 0.6) is 0 Å². The van der Waals surface area contributed by atoms with Crippen LogP contribution in [0, 0.1) is 0 Å². The molecule has 1 aromatic carbocycles. The van der Waals surface area contributed by atoms with Crippen LogP contribution in [0.25, 0.3) is 0 Å². The van der Waals surface area contributed by atoms with E-state index in [4.69, 9.17) is 0 Å². The highest BCUT2D eigenvalue weighted by Gasteiger charge is 2.37. The first-order valence-electron chi connectivity index (χ1n) is 7.83. The third kappa shape index (κ3) is 4.05. The largest absolute Gasteiger partial charge is 0.394 e. The lowest BCUT2D eigenvalue weighted by Crippen LogP contribution is -2.48. The van der Waals surface area contributed by atoms with E-state index in [9.17, 15) is 5.11 Å².